The summed E-state index contributed by atoms with van der Waals surface area (Å²) >= 11 is 0. The number of ether oxygens (including phenoxy) is 1. The molecule has 8 N–H and O–H groups in total. The largest absolute Gasteiger partial charge is 0.454 e. The molecule has 30 heteroatoms. The fourth-order valence-electron chi connectivity index (χ4n) is 5.15. The summed E-state index contributed by atoms with van der Waals surface area (Å²) in [6.45, 7) is 3.64. The predicted molar refractivity (Wildman–Crippen MR) is 192 cm³/mol. The van der Waals surface area contributed by atoms with Crippen molar-refractivity contribution in [3.05, 3.63) is 66.7 Å². The monoisotopic (exact) mass is 925 g/mol. The molecule has 6 rings (SSSR count). The number of aromatic nitrogens is 2. The minimum Gasteiger partial charge on any atom is -0.454 e. The summed E-state index contributed by atoms with van der Waals surface area (Å²) in [5, 5.41) is 0. The lowest BCUT2D eigenvalue weighted by Crippen LogP contribution is -2.09. The van der Waals surface area contributed by atoms with Crippen molar-refractivity contribution in [1.82, 2.24) is 9.97 Å². The Balaban J connectivity index is 1.63. The van der Waals surface area contributed by atoms with Crippen molar-refractivity contribution in [2.75, 3.05) is 5.73 Å². The quantitative estimate of drug-likeness (QED) is 0.0557. The first kappa shape index (κ1) is 42.2. The van der Waals surface area contributed by atoms with Gasteiger partial charge >= 0.3 is 0 Å². The van der Waals surface area contributed by atoms with E-state index >= 15 is 0 Å². The first-order chi connectivity index (χ1) is 26.3. The molecule has 0 amide bonds. The third-order valence-corrected chi connectivity index (χ3v) is 12.7. The van der Waals surface area contributed by atoms with Crippen LogP contribution < -0.4 is 10.5 Å². The molecule has 58 heavy (non-hydrogen) atoms. The van der Waals surface area contributed by atoms with Crippen molar-refractivity contribution in [2.24, 2.45) is 0 Å². The van der Waals surface area contributed by atoms with Crippen molar-refractivity contribution >= 4 is 94.4 Å². The molecule has 0 aliphatic rings. The minimum atomic E-state index is -5.39. The Hall–Kier alpha value is -5.38. The molecule has 24 nitrogen and oxygen atoms in total. The molecule has 4 aromatic carbocycles. The summed E-state index contributed by atoms with van der Waals surface area (Å²) in [6, 6.07) is 5.97. The molecule has 0 aliphatic heterocycles. The highest BCUT2D eigenvalue weighted by atomic mass is 32.2. The maximum absolute atomic E-state index is 12.3. The highest BCUT2D eigenvalue weighted by molar-refractivity contribution is 7.87. The minimum absolute atomic E-state index is 0.281. The number of hydrogen-bond donors (Lipinski definition) is 7. The molecule has 0 unspecified atom stereocenters. The summed E-state index contributed by atoms with van der Waals surface area (Å²) in [6.07, 6.45) is 0. The summed E-state index contributed by atoms with van der Waals surface area (Å²) in [4.78, 5) is 1.16. The van der Waals surface area contributed by atoms with E-state index in [1.165, 1.54) is 0 Å². The van der Waals surface area contributed by atoms with Crippen molar-refractivity contribution in [2.45, 2.75) is 29.4 Å². The smallest absolute Gasteiger partial charge is 0.298 e. The number of nitrogens with two attached hydrogens (primary N) is 1. The van der Waals surface area contributed by atoms with E-state index in [2.05, 4.69) is 16.5 Å². The molecule has 2 heterocycles. The number of hydrogen-bond acceptors (Lipinski definition) is 18. The van der Waals surface area contributed by atoms with E-state index in [4.69, 9.17) is 19.3 Å². The lowest BCUT2D eigenvalue weighted by atomic mass is 10.0. The van der Waals surface area contributed by atoms with Gasteiger partial charge in [-0.1, -0.05) is 6.58 Å². The van der Waals surface area contributed by atoms with Gasteiger partial charge in [-0.2, -0.15) is 50.5 Å². The zero-order valence-corrected chi connectivity index (χ0v) is 32.5. The number of oxazole rings is 2. The Morgan fingerprint density at radius 1 is 0.517 bits per heavy atom. The van der Waals surface area contributed by atoms with Crippen LogP contribution in [0.1, 0.15) is 5.56 Å². The molecule has 6 aromatic rings. The summed E-state index contributed by atoms with van der Waals surface area (Å²) < 4.78 is 219. The Labute approximate surface area is 324 Å². The molecule has 0 saturated carbocycles. The van der Waals surface area contributed by atoms with Crippen LogP contribution in [0.25, 0.3) is 50.9 Å². The van der Waals surface area contributed by atoms with Gasteiger partial charge in [-0.3, -0.25) is 27.3 Å². The Bertz CT molecular complexity index is 3340. The highest BCUT2D eigenvalue weighted by Gasteiger charge is 2.29. The van der Waals surface area contributed by atoms with Crippen LogP contribution >= 0.6 is 0 Å². The van der Waals surface area contributed by atoms with Gasteiger partial charge in [0.2, 0.25) is 11.8 Å². The van der Waals surface area contributed by atoms with Gasteiger partial charge in [-0.15, -0.1) is 0 Å². The molecule has 2 aromatic heterocycles. The van der Waals surface area contributed by atoms with Gasteiger partial charge in [-0.05, 0) is 54.6 Å². The molecule has 0 aliphatic carbocycles. The van der Waals surface area contributed by atoms with E-state index in [0.29, 0.717) is 30.3 Å². The fraction of sp³-hybridized carbons (Fsp3) is 0. The van der Waals surface area contributed by atoms with Crippen molar-refractivity contribution in [1.29, 1.82) is 0 Å². The van der Waals surface area contributed by atoms with E-state index in [1.54, 1.807) is 0 Å². The van der Waals surface area contributed by atoms with Gasteiger partial charge in [0.15, 0.2) is 16.9 Å². The lowest BCUT2D eigenvalue weighted by molar-refractivity contribution is 0.462. The van der Waals surface area contributed by atoms with Crippen LogP contribution in [0.3, 0.4) is 0 Å². The van der Waals surface area contributed by atoms with Gasteiger partial charge in [0.1, 0.15) is 31.5 Å². The normalized spacial score (nSPS) is 13.3. The summed E-state index contributed by atoms with van der Waals surface area (Å²) in [5.74, 6) is -2.88. The first-order valence-corrected chi connectivity index (χ1v) is 23.2. The number of nitrogens with zero attached hydrogens (tertiary/aromatic N) is 2. The van der Waals surface area contributed by atoms with Gasteiger partial charge in [0, 0.05) is 16.7 Å². The second-order valence-electron chi connectivity index (χ2n) is 11.6. The zero-order chi connectivity index (χ0) is 43.3. The number of nitrogen functional groups attached to an aromatic ring is 1. The first-order valence-electron chi connectivity index (χ1n) is 14.5. The van der Waals surface area contributed by atoms with E-state index in [-0.39, 0.29) is 22.8 Å². The van der Waals surface area contributed by atoms with Crippen LogP contribution in [-0.4, -0.2) is 87.8 Å². The van der Waals surface area contributed by atoms with Crippen LogP contribution in [0.2, 0.25) is 0 Å². The summed E-state index contributed by atoms with van der Waals surface area (Å²) in [7, 11) is -31.4. The molecule has 0 saturated heterocycles. The number of fused-ring (bicyclic) bond motifs is 2. The van der Waals surface area contributed by atoms with Crippen LogP contribution in [0.5, 0.6) is 5.75 Å². The van der Waals surface area contributed by atoms with E-state index in [0.717, 1.165) is 18.2 Å². The van der Waals surface area contributed by atoms with E-state index in [1.807, 2.05) is 0 Å². The van der Waals surface area contributed by atoms with Crippen molar-refractivity contribution in [3.63, 3.8) is 0 Å². The third-order valence-electron chi connectivity index (χ3n) is 7.62. The van der Waals surface area contributed by atoms with E-state index < -0.39 is 141 Å². The van der Waals surface area contributed by atoms with Crippen LogP contribution in [0.15, 0.2) is 99.4 Å². The van der Waals surface area contributed by atoms with Crippen LogP contribution in [0, 0.1) is 0 Å². The maximum atomic E-state index is 12.3. The molecular formula is C28H19N3O21S6. The molecule has 0 fully saturated rings. The second kappa shape index (κ2) is 13.6. The standard InChI is InChI=1S/C28H19N3O21S6/c1-11(50-24-18(29)5-15(53(32,33)34)8-21(24)56(41,42)43)12-2-13(27-30-19-6-16(54(35,36)37)9-22(25(19)51-27)57(44,45)46)4-14(3-12)28-31-20-7-17(55(38,39)40)10-23(26(20)52-28)58(47,48)49/h2-10H,1,29H2,(H,32,33,34)(H,35,36,37)(H,38,39,40)(H,41,42,43)(H,44,45,46)(H,47,48,49). The lowest BCUT2D eigenvalue weighted by Gasteiger charge is -2.16. The average molecular weight is 926 g/mol. The molecular weight excluding hydrogens is 907 g/mol. The highest BCUT2D eigenvalue weighted by Crippen LogP contribution is 2.40. The SMILES string of the molecule is C=C(Oc1c(N)cc(S(=O)(=O)O)cc1S(=O)(=O)O)c1cc(-c2nc3cc(S(=O)(=O)O)cc(S(=O)(=O)O)c3o2)cc(-c2nc3cc(S(=O)(=O)O)cc(S(=O)(=O)O)c3o2)c1. The van der Waals surface area contributed by atoms with E-state index in [9.17, 15) is 77.8 Å². The number of rotatable bonds is 11. The van der Waals surface area contributed by atoms with Gasteiger partial charge in [0.05, 0.1) is 20.4 Å². The van der Waals surface area contributed by atoms with Crippen LogP contribution in [0.4, 0.5) is 5.69 Å². The maximum Gasteiger partial charge on any atom is 0.298 e. The predicted octanol–water partition coefficient (Wildman–Crippen LogP) is 2.42. The Morgan fingerprint density at radius 2 is 0.879 bits per heavy atom. The fourth-order valence-corrected chi connectivity index (χ4v) is 8.95. The molecule has 308 valence electrons. The Kier molecular flexibility index (Phi) is 9.90. The molecule has 0 bridgehead atoms. The summed E-state index contributed by atoms with van der Waals surface area (Å²) in [5.41, 5.74) is 1.34. The van der Waals surface area contributed by atoms with Gasteiger partial charge in [0.25, 0.3) is 60.7 Å². The topological polar surface area (TPSA) is 414 Å². The molecule has 0 atom stereocenters. The third kappa shape index (κ3) is 8.29. The van der Waals surface area contributed by atoms with Crippen LogP contribution in [-0.2, 0) is 60.7 Å². The zero-order valence-electron chi connectivity index (χ0n) is 27.6. The van der Waals surface area contributed by atoms with Gasteiger partial charge < -0.3 is 19.3 Å². The van der Waals surface area contributed by atoms with Crippen molar-refractivity contribution in [3.8, 4) is 28.7 Å². The van der Waals surface area contributed by atoms with Gasteiger partial charge in [-0.25, -0.2) is 9.97 Å². The Morgan fingerprint density at radius 3 is 1.24 bits per heavy atom. The number of anilines is 1. The molecule has 0 radical (unpaired) electrons. The second-order valence-corrected chi connectivity index (χ2v) is 20.0. The van der Waals surface area contributed by atoms with Crippen molar-refractivity contribution < 1.29 is 91.4 Å². The molecule has 0 spiro atoms. The number of benzene rings is 4. The average Bonchev–Trinajstić information content (AvgIpc) is 3.70.